The van der Waals surface area contributed by atoms with Crippen molar-refractivity contribution in [2.45, 2.75) is 24.9 Å². The van der Waals surface area contributed by atoms with Crippen LogP contribution in [0.3, 0.4) is 0 Å². The first-order valence-corrected chi connectivity index (χ1v) is 13.9. The van der Waals surface area contributed by atoms with Crippen molar-refractivity contribution in [3.8, 4) is 11.1 Å². The molecule has 1 fully saturated rings. The molecule has 1 amide bonds. The van der Waals surface area contributed by atoms with Gasteiger partial charge in [0.25, 0.3) is 5.91 Å². The lowest BCUT2D eigenvalue weighted by Crippen LogP contribution is -2.35. The number of pyridine rings is 1. The number of rotatable bonds is 7. The molecule has 0 radical (unpaired) electrons. The first kappa shape index (κ1) is 26.5. The summed E-state index contributed by atoms with van der Waals surface area (Å²) in [5.41, 5.74) is 3.91. The van der Waals surface area contributed by atoms with Gasteiger partial charge in [0.2, 0.25) is 0 Å². The summed E-state index contributed by atoms with van der Waals surface area (Å²) in [7, 11) is 0. The van der Waals surface area contributed by atoms with Gasteiger partial charge < -0.3 is 15.0 Å². The maximum atomic E-state index is 14.2. The molecule has 1 aliphatic carbocycles. The number of carbonyl (C=O) groups is 2. The van der Waals surface area contributed by atoms with Gasteiger partial charge in [0.15, 0.2) is 0 Å². The van der Waals surface area contributed by atoms with Gasteiger partial charge in [0, 0.05) is 23.0 Å². The molecule has 4 aromatic carbocycles. The van der Waals surface area contributed by atoms with Gasteiger partial charge in [-0.25, -0.2) is 13.6 Å². The molecular formula is C35H25F2N3O3. The summed E-state index contributed by atoms with van der Waals surface area (Å²) in [6, 6.07) is 27.0. The fourth-order valence-corrected chi connectivity index (χ4v) is 5.74. The van der Waals surface area contributed by atoms with Gasteiger partial charge in [-0.3, -0.25) is 9.78 Å². The largest absolute Gasteiger partial charge is 0.478 e. The van der Waals surface area contributed by atoms with Crippen LogP contribution < -0.4 is 5.32 Å². The number of para-hydroxylation sites is 1. The third-order valence-corrected chi connectivity index (χ3v) is 8.08. The smallest absolute Gasteiger partial charge is 0.335 e. The second-order valence-electron chi connectivity index (χ2n) is 11.0. The van der Waals surface area contributed by atoms with Crippen LogP contribution in [0.15, 0.2) is 103 Å². The van der Waals surface area contributed by atoms with E-state index < -0.39 is 23.1 Å². The Morgan fingerprint density at radius 3 is 2.28 bits per heavy atom. The van der Waals surface area contributed by atoms with Crippen molar-refractivity contribution in [3.05, 3.63) is 137 Å². The minimum Gasteiger partial charge on any atom is -0.478 e. The minimum atomic E-state index is -1.02. The molecule has 2 N–H and O–H groups in total. The van der Waals surface area contributed by atoms with Gasteiger partial charge in [-0.05, 0) is 84.1 Å². The molecule has 0 spiro atoms. The number of carboxylic acids is 1. The Kier molecular flexibility index (Phi) is 6.27. The fourth-order valence-electron chi connectivity index (χ4n) is 5.74. The SMILES string of the molecule is O=C(O)c1ccc(C2(NC(=O)c3cc(-c4cc(F)cc(F)c4)cc4ccn(Cc5ccc6ccccc6n5)c34)CC2)cc1. The van der Waals surface area contributed by atoms with Crippen molar-refractivity contribution >= 4 is 33.7 Å². The van der Waals surface area contributed by atoms with Crippen LogP contribution in [0.5, 0.6) is 0 Å². The Hall–Kier alpha value is -5.37. The molecule has 0 unspecified atom stereocenters. The summed E-state index contributed by atoms with van der Waals surface area (Å²) >= 11 is 0. The molecule has 2 aromatic heterocycles. The molecule has 6 nitrogen and oxygen atoms in total. The minimum absolute atomic E-state index is 0.169. The van der Waals surface area contributed by atoms with Crippen molar-refractivity contribution in [2.24, 2.45) is 0 Å². The quantitative estimate of drug-likeness (QED) is 0.210. The van der Waals surface area contributed by atoms with Crippen molar-refractivity contribution in [1.82, 2.24) is 14.9 Å². The molecule has 0 atom stereocenters. The van der Waals surface area contributed by atoms with Crippen LogP contribution in [-0.4, -0.2) is 26.5 Å². The molecule has 7 rings (SSSR count). The topological polar surface area (TPSA) is 84.2 Å². The predicted molar refractivity (Wildman–Crippen MR) is 160 cm³/mol. The lowest BCUT2D eigenvalue weighted by Gasteiger charge is -2.20. The van der Waals surface area contributed by atoms with E-state index in [4.69, 9.17) is 4.98 Å². The maximum absolute atomic E-state index is 14.2. The van der Waals surface area contributed by atoms with E-state index in [0.717, 1.165) is 33.6 Å². The predicted octanol–water partition coefficient (Wildman–Crippen LogP) is 7.30. The highest BCUT2D eigenvalue weighted by Gasteiger charge is 2.46. The highest BCUT2D eigenvalue weighted by molar-refractivity contribution is 6.08. The number of hydrogen-bond acceptors (Lipinski definition) is 3. The van der Waals surface area contributed by atoms with E-state index >= 15 is 0 Å². The standard InChI is InChI=1S/C35H25F2N3O3/c36-27-16-25(17-28(37)19-27)24-15-23-11-14-40(20-29-10-7-21-3-1-2-4-31(21)38-29)32(23)30(18-24)33(41)39-35(12-13-35)26-8-5-22(6-9-26)34(42)43/h1-11,14-19H,12-13,20H2,(H,39,41)(H,42,43). The number of aromatic nitrogens is 2. The monoisotopic (exact) mass is 573 g/mol. The third kappa shape index (κ3) is 5.01. The molecule has 0 aliphatic heterocycles. The number of nitrogens with one attached hydrogen (secondary N) is 1. The lowest BCUT2D eigenvalue weighted by molar-refractivity contribution is 0.0696. The number of carboxylic acid groups (broad SMARTS) is 1. The Morgan fingerprint density at radius 2 is 1.56 bits per heavy atom. The van der Waals surface area contributed by atoms with Gasteiger partial charge in [-0.15, -0.1) is 0 Å². The van der Waals surface area contributed by atoms with E-state index in [0.29, 0.717) is 41.6 Å². The molecule has 0 bridgehead atoms. The average Bonchev–Trinajstić information content (AvgIpc) is 3.67. The Labute approximate surface area is 245 Å². The normalized spacial score (nSPS) is 13.7. The van der Waals surface area contributed by atoms with Crippen LogP contribution in [0.2, 0.25) is 0 Å². The molecule has 1 saturated carbocycles. The number of hydrogen-bond donors (Lipinski definition) is 2. The first-order chi connectivity index (χ1) is 20.8. The zero-order valence-corrected chi connectivity index (χ0v) is 22.9. The number of carbonyl (C=O) groups excluding carboxylic acids is 1. The number of fused-ring (bicyclic) bond motifs is 2. The Bertz CT molecular complexity index is 2040. The fraction of sp³-hybridized carbons (Fsp3) is 0.114. The average molecular weight is 574 g/mol. The summed E-state index contributed by atoms with van der Waals surface area (Å²) in [5, 5.41) is 14.2. The molecule has 8 heteroatoms. The van der Waals surface area contributed by atoms with Gasteiger partial charge in [0.05, 0.1) is 39.9 Å². The lowest BCUT2D eigenvalue weighted by atomic mass is 9.98. The number of nitrogens with zero attached hydrogens (tertiary/aromatic N) is 2. The number of aromatic carboxylic acids is 1. The Balaban J connectivity index is 1.31. The summed E-state index contributed by atoms with van der Waals surface area (Å²) in [5.74, 6) is -2.77. The summed E-state index contributed by atoms with van der Waals surface area (Å²) in [6.45, 7) is 0.407. The zero-order valence-electron chi connectivity index (χ0n) is 22.9. The van der Waals surface area contributed by atoms with E-state index in [1.54, 1.807) is 18.2 Å². The van der Waals surface area contributed by atoms with Crippen molar-refractivity contribution in [2.75, 3.05) is 0 Å². The van der Waals surface area contributed by atoms with E-state index in [9.17, 15) is 23.5 Å². The highest BCUT2D eigenvalue weighted by Crippen LogP contribution is 2.46. The molecule has 2 heterocycles. The zero-order chi connectivity index (χ0) is 29.7. The van der Waals surface area contributed by atoms with Crippen LogP contribution in [0, 0.1) is 11.6 Å². The number of halogens is 2. The van der Waals surface area contributed by atoms with Crippen LogP contribution in [0.4, 0.5) is 8.78 Å². The summed E-state index contributed by atoms with van der Waals surface area (Å²) < 4.78 is 30.3. The van der Waals surface area contributed by atoms with Crippen molar-refractivity contribution < 1.29 is 23.5 Å². The van der Waals surface area contributed by atoms with Gasteiger partial charge >= 0.3 is 5.97 Å². The van der Waals surface area contributed by atoms with Crippen LogP contribution in [-0.2, 0) is 12.1 Å². The van der Waals surface area contributed by atoms with Gasteiger partial charge in [-0.2, -0.15) is 0 Å². The third-order valence-electron chi connectivity index (χ3n) is 8.08. The van der Waals surface area contributed by atoms with Crippen LogP contribution >= 0.6 is 0 Å². The number of amides is 1. The first-order valence-electron chi connectivity index (χ1n) is 13.9. The second-order valence-corrected chi connectivity index (χ2v) is 11.0. The summed E-state index contributed by atoms with van der Waals surface area (Å²) in [4.78, 5) is 30.2. The molecule has 0 saturated heterocycles. The van der Waals surface area contributed by atoms with E-state index in [1.807, 2.05) is 59.3 Å². The van der Waals surface area contributed by atoms with Crippen LogP contribution in [0.25, 0.3) is 32.9 Å². The van der Waals surface area contributed by atoms with Gasteiger partial charge in [0.1, 0.15) is 11.6 Å². The van der Waals surface area contributed by atoms with E-state index in [2.05, 4.69) is 5.32 Å². The molecule has 6 aromatic rings. The Morgan fingerprint density at radius 1 is 0.837 bits per heavy atom. The van der Waals surface area contributed by atoms with Crippen LogP contribution in [0.1, 0.15) is 44.8 Å². The van der Waals surface area contributed by atoms with Crippen molar-refractivity contribution in [1.29, 1.82) is 0 Å². The molecular weight excluding hydrogens is 548 g/mol. The molecule has 212 valence electrons. The van der Waals surface area contributed by atoms with Crippen molar-refractivity contribution in [3.63, 3.8) is 0 Å². The highest BCUT2D eigenvalue weighted by atomic mass is 19.1. The second kappa shape index (κ2) is 10.2. The van der Waals surface area contributed by atoms with Gasteiger partial charge in [-0.1, -0.05) is 36.4 Å². The number of benzene rings is 4. The molecule has 43 heavy (non-hydrogen) atoms. The summed E-state index contributed by atoms with van der Waals surface area (Å²) in [6.07, 6.45) is 3.28. The maximum Gasteiger partial charge on any atom is 0.335 e. The van der Waals surface area contributed by atoms with E-state index in [1.165, 1.54) is 24.3 Å². The van der Waals surface area contributed by atoms with E-state index in [-0.39, 0.29) is 11.5 Å². The molecule has 1 aliphatic rings.